The summed E-state index contributed by atoms with van der Waals surface area (Å²) in [5, 5.41) is -0.299. The Kier molecular flexibility index (Phi) is 4.56. The smallest absolute Gasteiger partial charge is 0.298 e. The van der Waals surface area contributed by atoms with Crippen molar-refractivity contribution in [1.82, 2.24) is 4.90 Å². The second-order valence-electron chi connectivity index (χ2n) is 5.15. The second kappa shape index (κ2) is 6.60. The maximum Gasteiger partial charge on any atom is 0.298 e. The highest BCUT2D eigenvalue weighted by atomic mass is 32.2. The SMILES string of the molecule is O=C1S/C(=C\c2ccccc2F)C(=O)N1C[NH+]1CCOCC1. The molecule has 2 saturated heterocycles. The fourth-order valence-electron chi connectivity index (χ4n) is 2.41. The van der Waals surface area contributed by atoms with Crippen molar-refractivity contribution in [2.45, 2.75) is 0 Å². The number of hydrogen-bond donors (Lipinski definition) is 1. The van der Waals surface area contributed by atoms with E-state index in [9.17, 15) is 14.0 Å². The third-order valence-electron chi connectivity index (χ3n) is 3.65. The zero-order valence-corrected chi connectivity index (χ0v) is 12.7. The predicted octanol–water partition coefficient (Wildman–Crippen LogP) is 0.735. The molecular weight excluding hydrogens is 307 g/mol. The summed E-state index contributed by atoms with van der Waals surface area (Å²) in [5.41, 5.74) is 0.312. The number of imide groups is 1. The average Bonchev–Trinajstić information content (AvgIpc) is 2.78. The number of benzene rings is 1. The summed E-state index contributed by atoms with van der Waals surface area (Å²) in [7, 11) is 0. The Bertz CT molecular complexity index is 629. The molecule has 0 aliphatic carbocycles. The van der Waals surface area contributed by atoms with Crippen LogP contribution in [0, 0.1) is 5.82 Å². The Hall–Kier alpha value is -1.70. The highest BCUT2D eigenvalue weighted by molar-refractivity contribution is 8.18. The molecule has 0 saturated carbocycles. The number of amides is 2. The van der Waals surface area contributed by atoms with E-state index in [4.69, 9.17) is 4.74 Å². The Morgan fingerprint density at radius 3 is 2.73 bits per heavy atom. The number of hydrogen-bond acceptors (Lipinski definition) is 4. The van der Waals surface area contributed by atoms with E-state index in [0.717, 1.165) is 29.8 Å². The normalized spacial score (nSPS) is 21.9. The maximum absolute atomic E-state index is 13.7. The first-order chi connectivity index (χ1) is 10.6. The first-order valence-electron chi connectivity index (χ1n) is 7.06. The van der Waals surface area contributed by atoms with Crippen molar-refractivity contribution in [3.8, 4) is 0 Å². The van der Waals surface area contributed by atoms with Crippen molar-refractivity contribution in [2.24, 2.45) is 0 Å². The van der Waals surface area contributed by atoms with Gasteiger partial charge in [0.05, 0.1) is 18.1 Å². The van der Waals surface area contributed by atoms with E-state index < -0.39 is 5.82 Å². The van der Waals surface area contributed by atoms with E-state index in [0.29, 0.717) is 25.4 Å². The molecule has 0 aromatic heterocycles. The Labute approximate surface area is 131 Å². The summed E-state index contributed by atoms with van der Waals surface area (Å²) < 4.78 is 18.9. The van der Waals surface area contributed by atoms with Crippen LogP contribution in [0.4, 0.5) is 9.18 Å². The summed E-state index contributed by atoms with van der Waals surface area (Å²) >= 11 is 0.861. The van der Waals surface area contributed by atoms with Crippen LogP contribution in [0.25, 0.3) is 6.08 Å². The minimum Gasteiger partial charge on any atom is -0.370 e. The molecule has 1 N–H and O–H groups in total. The molecule has 2 amide bonds. The molecule has 116 valence electrons. The molecule has 0 unspecified atom stereocenters. The Morgan fingerprint density at radius 1 is 1.27 bits per heavy atom. The van der Waals surface area contributed by atoms with Gasteiger partial charge in [-0.05, 0) is 23.9 Å². The lowest BCUT2D eigenvalue weighted by molar-refractivity contribution is -0.915. The van der Waals surface area contributed by atoms with Crippen molar-refractivity contribution in [2.75, 3.05) is 33.0 Å². The topological polar surface area (TPSA) is 51.0 Å². The van der Waals surface area contributed by atoms with Gasteiger partial charge in [0.1, 0.15) is 18.9 Å². The molecule has 1 aromatic rings. The van der Waals surface area contributed by atoms with Crippen LogP contribution in [0.5, 0.6) is 0 Å². The third kappa shape index (κ3) is 3.21. The summed E-state index contributed by atoms with van der Waals surface area (Å²) in [5.74, 6) is -0.759. The molecule has 2 aliphatic rings. The molecule has 0 bridgehead atoms. The van der Waals surface area contributed by atoms with Gasteiger partial charge in [0.15, 0.2) is 6.67 Å². The molecule has 2 aliphatic heterocycles. The zero-order valence-electron chi connectivity index (χ0n) is 11.9. The van der Waals surface area contributed by atoms with Crippen LogP contribution in [-0.4, -0.2) is 49.0 Å². The number of carbonyl (C=O) groups is 2. The number of morpholine rings is 1. The van der Waals surface area contributed by atoms with E-state index >= 15 is 0 Å². The first-order valence-corrected chi connectivity index (χ1v) is 7.88. The molecular formula is C15H16FN2O3S+. The van der Waals surface area contributed by atoms with Crippen molar-refractivity contribution >= 4 is 29.0 Å². The van der Waals surface area contributed by atoms with Crippen LogP contribution in [0.1, 0.15) is 5.56 Å². The number of thioether (sulfide) groups is 1. The molecule has 5 nitrogen and oxygen atoms in total. The second-order valence-corrected chi connectivity index (χ2v) is 6.14. The van der Waals surface area contributed by atoms with E-state index in [2.05, 4.69) is 0 Å². The van der Waals surface area contributed by atoms with E-state index in [1.165, 1.54) is 17.0 Å². The fraction of sp³-hybridized carbons (Fsp3) is 0.333. The van der Waals surface area contributed by atoms with E-state index in [1.807, 2.05) is 0 Å². The molecule has 0 atom stereocenters. The number of nitrogens with one attached hydrogen (secondary N) is 1. The lowest BCUT2D eigenvalue weighted by Gasteiger charge is -2.26. The van der Waals surface area contributed by atoms with Gasteiger partial charge in [0, 0.05) is 5.56 Å². The molecule has 2 heterocycles. The molecule has 2 fully saturated rings. The molecule has 0 radical (unpaired) electrons. The Morgan fingerprint density at radius 2 is 2.00 bits per heavy atom. The van der Waals surface area contributed by atoms with Crippen LogP contribution in [-0.2, 0) is 9.53 Å². The minimum atomic E-state index is -0.409. The van der Waals surface area contributed by atoms with Crippen molar-refractivity contribution in [3.63, 3.8) is 0 Å². The van der Waals surface area contributed by atoms with E-state index in [1.54, 1.807) is 18.2 Å². The monoisotopic (exact) mass is 323 g/mol. The van der Waals surface area contributed by atoms with Crippen molar-refractivity contribution < 1.29 is 23.6 Å². The number of nitrogens with zero attached hydrogens (tertiary/aromatic N) is 1. The highest BCUT2D eigenvalue weighted by Gasteiger charge is 2.37. The van der Waals surface area contributed by atoms with Crippen LogP contribution in [0.15, 0.2) is 29.2 Å². The summed E-state index contributed by atoms with van der Waals surface area (Å²) in [6.07, 6.45) is 1.44. The number of carbonyl (C=O) groups excluding carboxylic acids is 2. The summed E-state index contributed by atoms with van der Waals surface area (Å²) in [6, 6.07) is 6.18. The lowest BCUT2D eigenvalue weighted by Crippen LogP contribution is -3.15. The van der Waals surface area contributed by atoms with Gasteiger partial charge in [0.25, 0.3) is 11.1 Å². The van der Waals surface area contributed by atoms with Crippen LogP contribution in [0.3, 0.4) is 0 Å². The number of quaternary nitrogens is 1. The third-order valence-corrected chi connectivity index (χ3v) is 4.55. The van der Waals surface area contributed by atoms with Gasteiger partial charge >= 0.3 is 0 Å². The van der Waals surface area contributed by atoms with Gasteiger partial charge < -0.3 is 9.64 Å². The minimum absolute atomic E-state index is 0.266. The molecule has 22 heavy (non-hydrogen) atoms. The van der Waals surface area contributed by atoms with Gasteiger partial charge in [-0.2, -0.15) is 0 Å². The average molecular weight is 323 g/mol. The van der Waals surface area contributed by atoms with Crippen LogP contribution < -0.4 is 4.90 Å². The van der Waals surface area contributed by atoms with Crippen LogP contribution in [0.2, 0.25) is 0 Å². The fourth-order valence-corrected chi connectivity index (χ4v) is 3.24. The van der Waals surface area contributed by atoms with Gasteiger partial charge in [-0.25, -0.2) is 9.29 Å². The summed E-state index contributed by atoms with van der Waals surface area (Å²) in [6.45, 7) is 3.15. The molecule has 1 aromatic carbocycles. The number of rotatable bonds is 3. The number of halogens is 1. The standard InChI is InChI=1S/C15H15FN2O3S/c16-12-4-2-1-3-11(12)9-13-14(19)18(15(20)22-13)10-17-5-7-21-8-6-17/h1-4,9H,5-8,10H2/p+1/b13-9-. The predicted molar refractivity (Wildman–Crippen MR) is 80.6 cm³/mol. The highest BCUT2D eigenvalue weighted by Crippen LogP contribution is 2.31. The zero-order chi connectivity index (χ0) is 15.5. The maximum atomic E-state index is 13.7. The molecule has 0 spiro atoms. The largest absolute Gasteiger partial charge is 0.370 e. The van der Waals surface area contributed by atoms with Crippen molar-refractivity contribution in [3.05, 3.63) is 40.6 Å². The van der Waals surface area contributed by atoms with E-state index in [-0.39, 0.29) is 16.1 Å². The first kappa shape index (κ1) is 15.2. The van der Waals surface area contributed by atoms with Gasteiger partial charge in [-0.15, -0.1) is 0 Å². The summed E-state index contributed by atoms with van der Waals surface area (Å²) in [4.78, 5) is 27.0. The Balaban J connectivity index is 1.75. The van der Waals surface area contributed by atoms with Crippen molar-refractivity contribution in [1.29, 1.82) is 0 Å². The van der Waals surface area contributed by atoms with Gasteiger partial charge in [0.2, 0.25) is 0 Å². The van der Waals surface area contributed by atoms with Gasteiger partial charge in [-0.1, -0.05) is 18.2 Å². The molecule has 7 heteroatoms. The number of ether oxygens (including phenoxy) is 1. The lowest BCUT2D eigenvalue weighted by atomic mass is 10.2. The quantitative estimate of drug-likeness (QED) is 0.834. The van der Waals surface area contributed by atoms with Gasteiger partial charge in [-0.3, -0.25) is 9.59 Å². The van der Waals surface area contributed by atoms with Crippen LogP contribution >= 0.6 is 11.8 Å². The molecule has 3 rings (SSSR count).